The Morgan fingerprint density at radius 3 is 2.82 bits per heavy atom. The molecule has 0 bridgehead atoms. The average molecular weight is 235 g/mol. The van der Waals surface area contributed by atoms with Crippen LogP contribution in [0.1, 0.15) is 26.2 Å². The minimum absolute atomic E-state index is 0.514. The van der Waals surface area contributed by atoms with Gasteiger partial charge in [0.15, 0.2) is 0 Å². The molecule has 92 valence electrons. The van der Waals surface area contributed by atoms with Gasteiger partial charge in [0.25, 0.3) is 0 Å². The largest absolute Gasteiger partial charge is 0.481 e. The van der Waals surface area contributed by atoms with E-state index in [0.29, 0.717) is 25.3 Å². The van der Waals surface area contributed by atoms with Crippen LogP contribution >= 0.6 is 0 Å². The highest BCUT2D eigenvalue weighted by atomic mass is 16.4. The number of hydrogen-bond acceptors (Lipinski definition) is 4. The lowest BCUT2D eigenvalue weighted by Gasteiger charge is -2.24. The number of carboxylic acid groups (broad SMARTS) is 1. The Kier molecular flexibility index (Phi) is 3.26. The minimum Gasteiger partial charge on any atom is -0.481 e. The molecular formula is C12H17N3O2. The highest BCUT2D eigenvalue weighted by Crippen LogP contribution is 2.36. The van der Waals surface area contributed by atoms with Crippen LogP contribution in [0.15, 0.2) is 18.5 Å². The van der Waals surface area contributed by atoms with Crippen molar-refractivity contribution >= 4 is 11.9 Å². The van der Waals surface area contributed by atoms with E-state index in [1.54, 1.807) is 18.5 Å². The summed E-state index contributed by atoms with van der Waals surface area (Å²) in [7, 11) is 0. The molecule has 1 aliphatic rings. The first-order chi connectivity index (χ1) is 8.18. The quantitative estimate of drug-likeness (QED) is 0.857. The number of rotatable bonds is 4. The molecule has 2 heterocycles. The Balaban J connectivity index is 2.15. The smallest absolute Gasteiger partial charge is 0.311 e. The van der Waals surface area contributed by atoms with Gasteiger partial charge in [-0.3, -0.25) is 4.79 Å². The zero-order valence-corrected chi connectivity index (χ0v) is 9.96. The first kappa shape index (κ1) is 11.8. The van der Waals surface area contributed by atoms with Crippen molar-refractivity contribution < 1.29 is 9.90 Å². The Morgan fingerprint density at radius 1 is 1.53 bits per heavy atom. The summed E-state index contributed by atoms with van der Waals surface area (Å²) in [5, 5.41) is 9.39. The van der Waals surface area contributed by atoms with Gasteiger partial charge >= 0.3 is 5.97 Å². The molecule has 5 heteroatoms. The van der Waals surface area contributed by atoms with Gasteiger partial charge in [-0.2, -0.15) is 0 Å². The molecular weight excluding hydrogens is 218 g/mol. The van der Waals surface area contributed by atoms with Crippen molar-refractivity contribution in [2.24, 2.45) is 5.41 Å². The Bertz CT molecular complexity index is 396. The number of carboxylic acids is 1. The Labute approximate surface area is 100 Å². The van der Waals surface area contributed by atoms with E-state index >= 15 is 0 Å². The molecule has 1 aromatic heterocycles. The van der Waals surface area contributed by atoms with Crippen LogP contribution in [0, 0.1) is 5.41 Å². The molecule has 1 aliphatic heterocycles. The molecule has 0 spiro atoms. The lowest BCUT2D eigenvalue weighted by molar-refractivity contribution is -0.148. The summed E-state index contributed by atoms with van der Waals surface area (Å²) in [5.74, 6) is -0.0653. The fourth-order valence-corrected chi connectivity index (χ4v) is 2.46. The molecule has 1 aromatic rings. The third-order valence-corrected chi connectivity index (χ3v) is 3.37. The fourth-order valence-electron chi connectivity index (χ4n) is 2.46. The molecule has 1 unspecified atom stereocenters. The molecule has 0 aromatic carbocycles. The van der Waals surface area contributed by atoms with Gasteiger partial charge in [0.05, 0.1) is 5.41 Å². The van der Waals surface area contributed by atoms with E-state index in [4.69, 9.17) is 0 Å². The van der Waals surface area contributed by atoms with Crippen LogP contribution in [0.3, 0.4) is 0 Å². The van der Waals surface area contributed by atoms with Crippen LogP contribution in [-0.2, 0) is 4.79 Å². The predicted molar refractivity (Wildman–Crippen MR) is 63.8 cm³/mol. The van der Waals surface area contributed by atoms with E-state index in [1.165, 1.54) is 0 Å². The monoisotopic (exact) mass is 235 g/mol. The summed E-state index contributed by atoms with van der Waals surface area (Å²) in [6.45, 7) is 3.25. The van der Waals surface area contributed by atoms with E-state index in [9.17, 15) is 9.90 Å². The van der Waals surface area contributed by atoms with Crippen molar-refractivity contribution in [3.05, 3.63) is 18.5 Å². The summed E-state index contributed by atoms with van der Waals surface area (Å²) >= 11 is 0. The predicted octanol–water partition coefficient (Wildman–Crippen LogP) is 1.56. The topological polar surface area (TPSA) is 66.3 Å². The number of aliphatic carboxylic acids is 1. The van der Waals surface area contributed by atoms with Crippen molar-refractivity contribution in [1.29, 1.82) is 0 Å². The summed E-state index contributed by atoms with van der Waals surface area (Å²) in [4.78, 5) is 21.7. The highest BCUT2D eigenvalue weighted by Gasteiger charge is 2.44. The van der Waals surface area contributed by atoms with Gasteiger partial charge in [-0.05, 0) is 18.9 Å². The number of hydrogen-bond donors (Lipinski definition) is 1. The number of nitrogens with zero attached hydrogens (tertiary/aromatic N) is 3. The first-order valence-corrected chi connectivity index (χ1v) is 5.93. The van der Waals surface area contributed by atoms with Gasteiger partial charge < -0.3 is 10.0 Å². The van der Waals surface area contributed by atoms with Gasteiger partial charge in [-0.15, -0.1) is 0 Å². The van der Waals surface area contributed by atoms with E-state index in [0.717, 1.165) is 13.0 Å². The van der Waals surface area contributed by atoms with E-state index in [-0.39, 0.29) is 0 Å². The third kappa shape index (κ3) is 2.23. The van der Waals surface area contributed by atoms with Crippen molar-refractivity contribution in [3.63, 3.8) is 0 Å². The van der Waals surface area contributed by atoms with Gasteiger partial charge in [0.2, 0.25) is 5.95 Å². The molecule has 1 N–H and O–H groups in total. The second kappa shape index (κ2) is 4.69. The maximum atomic E-state index is 11.4. The standard InChI is InChI=1S/C12H17N3O2/c1-2-4-12(10(16)17)5-8-15(9-12)11-13-6-3-7-14-11/h3,6-7H,2,4-5,8-9H2,1H3,(H,16,17). The van der Waals surface area contributed by atoms with Crippen LogP contribution in [-0.4, -0.2) is 34.1 Å². The second-order valence-electron chi connectivity index (χ2n) is 4.56. The Morgan fingerprint density at radius 2 is 2.24 bits per heavy atom. The average Bonchev–Trinajstić information content (AvgIpc) is 2.76. The molecule has 1 fully saturated rings. The molecule has 0 aliphatic carbocycles. The van der Waals surface area contributed by atoms with Crippen molar-refractivity contribution in [3.8, 4) is 0 Å². The number of aromatic nitrogens is 2. The fraction of sp³-hybridized carbons (Fsp3) is 0.583. The first-order valence-electron chi connectivity index (χ1n) is 5.93. The molecule has 1 saturated heterocycles. The number of anilines is 1. The summed E-state index contributed by atoms with van der Waals surface area (Å²) in [6.07, 6.45) is 5.64. The normalized spacial score (nSPS) is 23.9. The Hall–Kier alpha value is -1.65. The third-order valence-electron chi connectivity index (χ3n) is 3.37. The van der Waals surface area contributed by atoms with Gasteiger partial charge in [-0.1, -0.05) is 13.3 Å². The molecule has 1 atom stereocenters. The summed E-state index contributed by atoms with van der Waals surface area (Å²) < 4.78 is 0. The maximum absolute atomic E-state index is 11.4. The minimum atomic E-state index is -0.696. The van der Waals surface area contributed by atoms with Crippen LogP contribution in [0.4, 0.5) is 5.95 Å². The van der Waals surface area contributed by atoms with Crippen LogP contribution in [0.5, 0.6) is 0 Å². The van der Waals surface area contributed by atoms with Gasteiger partial charge in [-0.25, -0.2) is 9.97 Å². The van der Waals surface area contributed by atoms with Crippen molar-refractivity contribution in [2.75, 3.05) is 18.0 Å². The molecule has 17 heavy (non-hydrogen) atoms. The maximum Gasteiger partial charge on any atom is 0.311 e. The lowest BCUT2D eigenvalue weighted by atomic mass is 9.83. The van der Waals surface area contributed by atoms with Gasteiger partial charge in [0, 0.05) is 25.5 Å². The zero-order chi connectivity index (χ0) is 12.3. The molecule has 0 amide bonds. The number of carbonyl (C=O) groups is 1. The van der Waals surface area contributed by atoms with Gasteiger partial charge in [0.1, 0.15) is 0 Å². The van der Waals surface area contributed by atoms with E-state index < -0.39 is 11.4 Å². The molecule has 5 nitrogen and oxygen atoms in total. The van der Waals surface area contributed by atoms with Crippen LogP contribution < -0.4 is 4.90 Å². The van der Waals surface area contributed by atoms with Crippen LogP contribution in [0.25, 0.3) is 0 Å². The molecule has 0 saturated carbocycles. The highest BCUT2D eigenvalue weighted by molar-refractivity contribution is 5.76. The summed E-state index contributed by atoms with van der Waals surface area (Å²) in [5.41, 5.74) is -0.617. The molecule has 2 rings (SSSR count). The molecule has 0 radical (unpaired) electrons. The van der Waals surface area contributed by atoms with E-state index in [1.807, 2.05) is 11.8 Å². The summed E-state index contributed by atoms with van der Waals surface area (Å²) in [6, 6.07) is 1.76. The van der Waals surface area contributed by atoms with Crippen molar-refractivity contribution in [2.45, 2.75) is 26.2 Å². The van der Waals surface area contributed by atoms with Crippen molar-refractivity contribution in [1.82, 2.24) is 9.97 Å². The SMILES string of the molecule is CCCC1(C(=O)O)CCN(c2ncccn2)C1. The second-order valence-corrected chi connectivity index (χ2v) is 4.56. The zero-order valence-electron chi connectivity index (χ0n) is 9.96. The lowest BCUT2D eigenvalue weighted by Crippen LogP contribution is -2.35. The van der Waals surface area contributed by atoms with Crippen LogP contribution in [0.2, 0.25) is 0 Å². The van der Waals surface area contributed by atoms with E-state index in [2.05, 4.69) is 9.97 Å².